The van der Waals surface area contributed by atoms with Crippen LogP contribution in [0.1, 0.15) is 12.0 Å². The van der Waals surface area contributed by atoms with Crippen molar-refractivity contribution in [1.29, 1.82) is 0 Å². The third kappa shape index (κ3) is 4.85. The SMILES string of the molecule is CNC(=O)C[C@@]1(OC)COCCN(Cc2cnc(NC)nc2)C1. The molecule has 8 nitrogen and oxygen atoms in total. The van der Waals surface area contributed by atoms with E-state index < -0.39 is 5.60 Å². The molecule has 1 aliphatic rings. The molecule has 0 radical (unpaired) electrons. The molecule has 0 aromatic carbocycles. The third-order valence-electron chi connectivity index (χ3n) is 3.96. The number of hydrogen-bond donors (Lipinski definition) is 2. The molecule has 0 spiro atoms. The maximum atomic E-state index is 11.8. The van der Waals surface area contributed by atoms with E-state index in [-0.39, 0.29) is 12.3 Å². The van der Waals surface area contributed by atoms with Gasteiger partial charge in [0.05, 0.1) is 19.6 Å². The fraction of sp³-hybridized carbons (Fsp3) is 0.667. The normalized spacial score (nSPS) is 22.4. The van der Waals surface area contributed by atoms with Crippen molar-refractivity contribution in [2.75, 3.05) is 52.8 Å². The number of carbonyl (C=O) groups is 1. The van der Waals surface area contributed by atoms with E-state index in [0.29, 0.717) is 32.3 Å². The molecule has 0 unspecified atom stereocenters. The zero-order valence-electron chi connectivity index (χ0n) is 14.0. The monoisotopic (exact) mass is 323 g/mol. The fourth-order valence-electron chi connectivity index (χ4n) is 2.63. The Morgan fingerprint density at radius 1 is 1.43 bits per heavy atom. The Morgan fingerprint density at radius 3 is 2.78 bits per heavy atom. The second kappa shape index (κ2) is 8.19. The van der Waals surface area contributed by atoms with E-state index in [1.165, 1.54) is 0 Å². The quantitative estimate of drug-likeness (QED) is 0.754. The number of ether oxygens (including phenoxy) is 2. The zero-order chi connectivity index (χ0) is 16.7. The van der Waals surface area contributed by atoms with Crippen molar-refractivity contribution in [1.82, 2.24) is 20.2 Å². The van der Waals surface area contributed by atoms with Gasteiger partial charge in [-0.2, -0.15) is 0 Å². The van der Waals surface area contributed by atoms with E-state index in [1.54, 1.807) is 33.6 Å². The summed E-state index contributed by atoms with van der Waals surface area (Å²) in [7, 11) is 5.04. The minimum absolute atomic E-state index is 0.0565. The van der Waals surface area contributed by atoms with Crippen LogP contribution in [0.5, 0.6) is 0 Å². The summed E-state index contributed by atoms with van der Waals surface area (Å²) >= 11 is 0. The van der Waals surface area contributed by atoms with Crippen LogP contribution in [-0.2, 0) is 20.8 Å². The van der Waals surface area contributed by atoms with Gasteiger partial charge in [-0.15, -0.1) is 0 Å². The van der Waals surface area contributed by atoms with E-state index in [1.807, 2.05) is 0 Å². The highest BCUT2D eigenvalue weighted by Gasteiger charge is 2.37. The predicted molar refractivity (Wildman–Crippen MR) is 86.1 cm³/mol. The minimum atomic E-state index is -0.637. The molecule has 2 N–H and O–H groups in total. The summed E-state index contributed by atoms with van der Waals surface area (Å²) in [4.78, 5) is 22.5. The second-order valence-corrected chi connectivity index (χ2v) is 5.67. The van der Waals surface area contributed by atoms with E-state index >= 15 is 0 Å². The van der Waals surface area contributed by atoms with Gasteiger partial charge in [-0.05, 0) is 0 Å². The van der Waals surface area contributed by atoms with Crippen LogP contribution in [0.3, 0.4) is 0 Å². The van der Waals surface area contributed by atoms with Gasteiger partial charge in [0, 0.05) is 58.8 Å². The maximum Gasteiger partial charge on any atom is 0.222 e. The van der Waals surface area contributed by atoms with Crippen LogP contribution in [0.15, 0.2) is 12.4 Å². The van der Waals surface area contributed by atoms with E-state index in [0.717, 1.165) is 12.1 Å². The number of rotatable bonds is 6. The van der Waals surface area contributed by atoms with Crippen molar-refractivity contribution in [3.63, 3.8) is 0 Å². The molecule has 0 saturated carbocycles. The predicted octanol–water partition coefficient (Wildman–Crippen LogP) is -0.128. The fourth-order valence-corrected chi connectivity index (χ4v) is 2.63. The first-order valence-electron chi connectivity index (χ1n) is 7.65. The molecular weight excluding hydrogens is 298 g/mol. The molecule has 1 atom stereocenters. The molecule has 128 valence electrons. The second-order valence-electron chi connectivity index (χ2n) is 5.67. The highest BCUT2D eigenvalue weighted by molar-refractivity contribution is 5.76. The van der Waals surface area contributed by atoms with Crippen LogP contribution in [0.25, 0.3) is 0 Å². The largest absolute Gasteiger partial charge is 0.377 e. The topological polar surface area (TPSA) is 88.6 Å². The van der Waals surface area contributed by atoms with Gasteiger partial charge in [0.1, 0.15) is 5.60 Å². The number of carbonyl (C=O) groups excluding carboxylic acids is 1. The van der Waals surface area contributed by atoms with Gasteiger partial charge in [-0.3, -0.25) is 9.69 Å². The summed E-state index contributed by atoms with van der Waals surface area (Å²) in [5.41, 5.74) is 0.374. The lowest BCUT2D eigenvalue weighted by Crippen LogP contribution is -2.48. The first-order valence-corrected chi connectivity index (χ1v) is 7.65. The minimum Gasteiger partial charge on any atom is -0.377 e. The molecule has 1 saturated heterocycles. The van der Waals surface area contributed by atoms with E-state index in [9.17, 15) is 4.79 Å². The summed E-state index contributed by atoms with van der Waals surface area (Å²) in [6, 6.07) is 0. The summed E-state index contributed by atoms with van der Waals surface area (Å²) in [5, 5.41) is 5.55. The van der Waals surface area contributed by atoms with Gasteiger partial charge < -0.3 is 20.1 Å². The van der Waals surface area contributed by atoms with E-state index in [2.05, 4.69) is 25.5 Å². The zero-order valence-corrected chi connectivity index (χ0v) is 14.0. The van der Waals surface area contributed by atoms with Crippen LogP contribution < -0.4 is 10.6 Å². The summed E-state index contributed by atoms with van der Waals surface area (Å²) in [6.45, 7) is 3.08. The number of aromatic nitrogens is 2. The van der Waals surface area contributed by atoms with Crippen molar-refractivity contribution >= 4 is 11.9 Å². The standard InChI is InChI=1S/C15H25N5O3/c1-16-13(21)6-15(22-3)10-20(4-5-23-11-15)9-12-7-18-14(17-2)19-8-12/h7-8H,4-6,9-11H2,1-3H3,(H,16,21)(H,17,18,19)/t15-/m0/s1. The highest BCUT2D eigenvalue weighted by atomic mass is 16.5. The van der Waals surface area contributed by atoms with Crippen LogP contribution in [-0.4, -0.2) is 73.9 Å². The lowest BCUT2D eigenvalue weighted by atomic mass is 9.99. The Kier molecular flexibility index (Phi) is 6.26. The molecule has 0 bridgehead atoms. The number of amides is 1. The Labute approximate surface area is 136 Å². The van der Waals surface area contributed by atoms with Gasteiger partial charge in [-0.25, -0.2) is 9.97 Å². The Bertz CT molecular complexity index is 510. The average Bonchev–Trinajstić information content (AvgIpc) is 2.78. The Morgan fingerprint density at radius 2 is 2.17 bits per heavy atom. The molecule has 2 rings (SSSR count). The number of anilines is 1. The Hall–Kier alpha value is -1.77. The molecule has 8 heteroatoms. The third-order valence-corrected chi connectivity index (χ3v) is 3.96. The van der Waals surface area contributed by atoms with Crippen molar-refractivity contribution in [3.05, 3.63) is 18.0 Å². The molecule has 23 heavy (non-hydrogen) atoms. The van der Waals surface area contributed by atoms with Gasteiger partial charge >= 0.3 is 0 Å². The lowest BCUT2D eigenvalue weighted by molar-refractivity contribution is -0.132. The maximum absolute atomic E-state index is 11.8. The molecule has 1 aromatic heterocycles. The summed E-state index contributed by atoms with van der Waals surface area (Å²) in [5.74, 6) is 0.540. The summed E-state index contributed by atoms with van der Waals surface area (Å²) < 4.78 is 11.3. The molecule has 1 aliphatic heterocycles. The number of methoxy groups -OCH3 is 1. The number of hydrogen-bond acceptors (Lipinski definition) is 7. The first kappa shape index (κ1) is 17.6. The van der Waals surface area contributed by atoms with Crippen LogP contribution in [0.2, 0.25) is 0 Å². The Balaban J connectivity index is 2.06. The van der Waals surface area contributed by atoms with Gasteiger partial charge in [0.15, 0.2) is 0 Å². The van der Waals surface area contributed by atoms with Crippen LogP contribution in [0.4, 0.5) is 5.95 Å². The molecule has 0 aliphatic carbocycles. The van der Waals surface area contributed by atoms with E-state index in [4.69, 9.17) is 9.47 Å². The molecule has 1 fully saturated rings. The summed E-state index contributed by atoms with van der Waals surface area (Å²) in [6.07, 6.45) is 3.88. The van der Waals surface area contributed by atoms with Crippen LogP contribution >= 0.6 is 0 Å². The van der Waals surface area contributed by atoms with Gasteiger partial charge in [0.2, 0.25) is 11.9 Å². The molecule has 1 aromatic rings. The smallest absolute Gasteiger partial charge is 0.222 e. The lowest BCUT2D eigenvalue weighted by Gasteiger charge is -2.33. The molecule has 2 heterocycles. The number of nitrogens with one attached hydrogen (secondary N) is 2. The van der Waals surface area contributed by atoms with Gasteiger partial charge in [0.25, 0.3) is 0 Å². The molecule has 1 amide bonds. The molecular formula is C15H25N5O3. The van der Waals surface area contributed by atoms with Crippen LogP contribution in [0, 0.1) is 0 Å². The average molecular weight is 323 g/mol. The number of nitrogens with zero attached hydrogens (tertiary/aromatic N) is 3. The highest BCUT2D eigenvalue weighted by Crippen LogP contribution is 2.22. The van der Waals surface area contributed by atoms with Gasteiger partial charge in [-0.1, -0.05) is 0 Å². The van der Waals surface area contributed by atoms with Crippen molar-refractivity contribution in [3.8, 4) is 0 Å². The van der Waals surface area contributed by atoms with Crippen molar-refractivity contribution in [2.45, 2.75) is 18.6 Å². The first-order chi connectivity index (χ1) is 11.1. The van der Waals surface area contributed by atoms with Crippen molar-refractivity contribution in [2.24, 2.45) is 0 Å². The van der Waals surface area contributed by atoms with Crippen molar-refractivity contribution < 1.29 is 14.3 Å².